The molecule has 4 rings (SSSR count). The minimum absolute atomic E-state index is 0.481. The maximum atomic E-state index is 5.91. The van der Waals surface area contributed by atoms with E-state index in [2.05, 4.69) is 31.1 Å². The number of hydrogen-bond acceptors (Lipinski definition) is 6. The summed E-state index contributed by atoms with van der Waals surface area (Å²) in [7, 11) is 1.66. The van der Waals surface area contributed by atoms with Crippen molar-refractivity contribution in [2.24, 2.45) is 0 Å². The second-order valence-electron chi connectivity index (χ2n) is 7.23. The van der Waals surface area contributed by atoms with Crippen LogP contribution in [0, 0.1) is 0 Å². The fraction of sp³-hybridized carbons (Fsp3) is 0.409. The molecular formula is C22H27N5O2. The third-order valence-electron chi connectivity index (χ3n) is 5.17. The number of nitrogens with zero attached hydrogens (tertiary/aromatic N) is 4. The number of methoxy groups -OCH3 is 1. The van der Waals surface area contributed by atoms with E-state index in [1.807, 2.05) is 24.3 Å². The van der Waals surface area contributed by atoms with Crippen molar-refractivity contribution >= 4 is 0 Å². The number of pyridine rings is 1. The topological polar surface area (TPSA) is 74.1 Å². The van der Waals surface area contributed by atoms with E-state index in [4.69, 9.17) is 9.47 Å². The van der Waals surface area contributed by atoms with Crippen molar-refractivity contribution in [3.8, 4) is 11.5 Å². The zero-order valence-corrected chi connectivity index (χ0v) is 16.8. The van der Waals surface area contributed by atoms with Gasteiger partial charge in [-0.15, -0.1) is 10.2 Å². The summed E-state index contributed by atoms with van der Waals surface area (Å²) in [5, 5.41) is 12.2. The van der Waals surface area contributed by atoms with Crippen molar-refractivity contribution in [3.05, 3.63) is 65.5 Å². The molecule has 0 fully saturated rings. The lowest BCUT2D eigenvalue weighted by Gasteiger charge is -2.13. The molecule has 0 spiro atoms. The summed E-state index contributed by atoms with van der Waals surface area (Å²) in [6.07, 6.45) is 8.24. The van der Waals surface area contributed by atoms with Gasteiger partial charge in [0.25, 0.3) is 0 Å². The molecule has 1 aliphatic rings. The molecule has 3 aromatic rings. The maximum Gasteiger partial charge on any atom is 0.161 e. The summed E-state index contributed by atoms with van der Waals surface area (Å²) in [5.41, 5.74) is 2.20. The standard InChI is InChI=1S/C22H27N5O2/c1-28-20-13-18(6-7-19(20)29-16-17-8-10-23-11-9-17)14-24-15-22-26-25-21-5-3-2-4-12-27(21)22/h6-11,13,24H,2-5,12,14-16H2,1H3. The highest BCUT2D eigenvalue weighted by atomic mass is 16.5. The van der Waals surface area contributed by atoms with E-state index in [-0.39, 0.29) is 0 Å². The van der Waals surface area contributed by atoms with Gasteiger partial charge in [-0.2, -0.15) is 0 Å². The van der Waals surface area contributed by atoms with Gasteiger partial charge in [0.1, 0.15) is 18.3 Å². The van der Waals surface area contributed by atoms with Gasteiger partial charge < -0.3 is 19.4 Å². The Labute approximate surface area is 171 Å². The van der Waals surface area contributed by atoms with E-state index in [9.17, 15) is 0 Å². The highest BCUT2D eigenvalue weighted by Crippen LogP contribution is 2.29. The Bertz CT molecular complexity index is 926. The van der Waals surface area contributed by atoms with Crippen LogP contribution in [0.1, 0.15) is 42.0 Å². The summed E-state index contributed by atoms with van der Waals surface area (Å²) < 4.78 is 13.7. The van der Waals surface area contributed by atoms with Crippen molar-refractivity contribution in [1.29, 1.82) is 0 Å². The summed E-state index contributed by atoms with van der Waals surface area (Å²) in [6, 6.07) is 9.91. The molecule has 1 N–H and O–H groups in total. The van der Waals surface area contributed by atoms with E-state index in [1.165, 1.54) is 19.3 Å². The lowest BCUT2D eigenvalue weighted by atomic mass is 10.2. The third kappa shape index (κ3) is 4.92. The van der Waals surface area contributed by atoms with Gasteiger partial charge in [-0.05, 0) is 48.2 Å². The first-order valence-corrected chi connectivity index (χ1v) is 10.1. The Hall–Kier alpha value is -2.93. The first kappa shape index (κ1) is 19.4. The van der Waals surface area contributed by atoms with Gasteiger partial charge in [-0.1, -0.05) is 12.5 Å². The van der Waals surface area contributed by atoms with Gasteiger partial charge in [0, 0.05) is 31.9 Å². The quantitative estimate of drug-likeness (QED) is 0.633. The Morgan fingerprint density at radius 1 is 0.966 bits per heavy atom. The van der Waals surface area contributed by atoms with E-state index in [1.54, 1.807) is 19.5 Å². The van der Waals surface area contributed by atoms with Gasteiger partial charge in [-0.3, -0.25) is 4.98 Å². The number of rotatable bonds is 8. The molecule has 152 valence electrons. The van der Waals surface area contributed by atoms with Gasteiger partial charge >= 0.3 is 0 Å². The fourth-order valence-corrected chi connectivity index (χ4v) is 3.58. The van der Waals surface area contributed by atoms with Crippen molar-refractivity contribution < 1.29 is 9.47 Å². The molecule has 0 saturated heterocycles. The van der Waals surface area contributed by atoms with E-state index in [0.717, 1.165) is 53.8 Å². The molecule has 29 heavy (non-hydrogen) atoms. The van der Waals surface area contributed by atoms with Crippen molar-refractivity contribution in [2.45, 2.75) is 51.9 Å². The molecule has 0 saturated carbocycles. The van der Waals surface area contributed by atoms with Crippen LogP contribution in [0.2, 0.25) is 0 Å². The minimum Gasteiger partial charge on any atom is -0.493 e. The molecule has 0 atom stereocenters. The van der Waals surface area contributed by atoms with Crippen LogP contribution >= 0.6 is 0 Å². The number of benzene rings is 1. The van der Waals surface area contributed by atoms with Crippen LogP contribution in [0.3, 0.4) is 0 Å². The average Bonchev–Trinajstić information content (AvgIpc) is 2.99. The predicted molar refractivity (Wildman–Crippen MR) is 110 cm³/mol. The normalized spacial score (nSPS) is 13.6. The van der Waals surface area contributed by atoms with E-state index < -0.39 is 0 Å². The first-order valence-electron chi connectivity index (χ1n) is 10.1. The fourth-order valence-electron chi connectivity index (χ4n) is 3.58. The van der Waals surface area contributed by atoms with Crippen LogP contribution in [0.5, 0.6) is 11.5 Å². The van der Waals surface area contributed by atoms with Gasteiger partial charge in [-0.25, -0.2) is 0 Å². The zero-order chi connectivity index (χ0) is 19.9. The van der Waals surface area contributed by atoms with Crippen molar-refractivity contribution in [1.82, 2.24) is 25.1 Å². The zero-order valence-electron chi connectivity index (χ0n) is 16.8. The Morgan fingerprint density at radius 3 is 2.72 bits per heavy atom. The molecule has 1 aliphatic heterocycles. The van der Waals surface area contributed by atoms with Crippen LogP contribution < -0.4 is 14.8 Å². The van der Waals surface area contributed by atoms with Crippen molar-refractivity contribution in [2.75, 3.05) is 7.11 Å². The third-order valence-corrected chi connectivity index (χ3v) is 5.17. The first-order chi connectivity index (χ1) is 14.3. The lowest BCUT2D eigenvalue weighted by molar-refractivity contribution is 0.284. The van der Waals surface area contributed by atoms with Crippen LogP contribution in [0.15, 0.2) is 42.7 Å². The molecule has 0 unspecified atom stereocenters. The predicted octanol–water partition coefficient (Wildman–Crippen LogP) is 3.28. The Morgan fingerprint density at radius 2 is 1.86 bits per heavy atom. The van der Waals surface area contributed by atoms with Gasteiger partial charge in [0.2, 0.25) is 0 Å². The number of aromatic nitrogens is 4. The molecule has 0 radical (unpaired) electrons. The lowest BCUT2D eigenvalue weighted by Crippen LogP contribution is -2.17. The van der Waals surface area contributed by atoms with E-state index >= 15 is 0 Å². The SMILES string of the molecule is COc1cc(CNCc2nnc3n2CCCCC3)ccc1OCc1ccncc1. The molecule has 0 aliphatic carbocycles. The summed E-state index contributed by atoms with van der Waals surface area (Å²) >= 11 is 0. The Kier molecular flexibility index (Phi) is 6.36. The molecule has 2 aromatic heterocycles. The average molecular weight is 393 g/mol. The molecule has 7 heteroatoms. The number of nitrogens with one attached hydrogen (secondary N) is 1. The Balaban J connectivity index is 1.34. The number of ether oxygens (including phenoxy) is 2. The second-order valence-corrected chi connectivity index (χ2v) is 7.23. The highest BCUT2D eigenvalue weighted by molar-refractivity contribution is 5.43. The van der Waals surface area contributed by atoms with Gasteiger partial charge in [0.05, 0.1) is 13.7 Å². The van der Waals surface area contributed by atoms with Crippen LogP contribution in [-0.2, 0) is 32.7 Å². The molecule has 0 bridgehead atoms. The monoisotopic (exact) mass is 393 g/mol. The molecule has 1 aromatic carbocycles. The van der Waals surface area contributed by atoms with Crippen LogP contribution in [0.25, 0.3) is 0 Å². The molecule has 7 nitrogen and oxygen atoms in total. The molecule has 0 amide bonds. The summed E-state index contributed by atoms with van der Waals surface area (Å²) in [5.74, 6) is 3.60. The molecular weight excluding hydrogens is 366 g/mol. The summed E-state index contributed by atoms with van der Waals surface area (Å²) in [4.78, 5) is 4.02. The molecule has 3 heterocycles. The maximum absolute atomic E-state index is 5.91. The second kappa shape index (κ2) is 9.52. The largest absolute Gasteiger partial charge is 0.493 e. The van der Waals surface area contributed by atoms with E-state index in [0.29, 0.717) is 13.2 Å². The van der Waals surface area contributed by atoms with Crippen LogP contribution in [0.4, 0.5) is 0 Å². The smallest absolute Gasteiger partial charge is 0.161 e. The van der Waals surface area contributed by atoms with Crippen LogP contribution in [-0.4, -0.2) is 26.9 Å². The van der Waals surface area contributed by atoms with Crippen molar-refractivity contribution in [3.63, 3.8) is 0 Å². The number of fused-ring (bicyclic) bond motifs is 1. The number of aryl methyl sites for hydroxylation is 1. The number of hydrogen-bond donors (Lipinski definition) is 1. The summed E-state index contributed by atoms with van der Waals surface area (Å²) in [6.45, 7) is 2.93. The van der Waals surface area contributed by atoms with Gasteiger partial charge in [0.15, 0.2) is 11.5 Å². The minimum atomic E-state index is 0.481. The highest BCUT2D eigenvalue weighted by Gasteiger charge is 2.14.